The minimum atomic E-state index is -0.170. The Labute approximate surface area is 178 Å². The van der Waals surface area contributed by atoms with Crippen molar-refractivity contribution in [2.75, 3.05) is 32.5 Å². The standard InChI is InChI=1S/C24H30N4O2/c1-27(2)24(19-7-4-3-5-8-19)12-10-23(11-13-24)15-22(30)28(18-23)17-21(29)26-20-9-6-14-25-16-20/h3-9,14,16H,10-13,15,17-18H2,1-2H3,(H,26,29). The molecule has 0 atom stereocenters. The summed E-state index contributed by atoms with van der Waals surface area (Å²) in [6.07, 6.45) is 7.84. The zero-order valence-electron chi connectivity index (χ0n) is 17.8. The van der Waals surface area contributed by atoms with E-state index in [0.29, 0.717) is 18.7 Å². The van der Waals surface area contributed by atoms with Gasteiger partial charge in [0.05, 0.1) is 18.4 Å². The first-order valence-corrected chi connectivity index (χ1v) is 10.6. The second-order valence-corrected chi connectivity index (χ2v) is 9.01. The van der Waals surface area contributed by atoms with Crippen LogP contribution in [-0.4, -0.2) is 53.8 Å². The van der Waals surface area contributed by atoms with Crippen LogP contribution in [0.15, 0.2) is 54.9 Å². The maximum atomic E-state index is 12.7. The molecule has 0 unspecified atom stereocenters. The van der Waals surface area contributed by atoms with E-state index < -0.39 is 0 Å². The van der Waals surface area contributed by atoms with Gasteiger partial charge in [-0.3, -0.25) is 19.5 Å². The van der Waals surface area contributed by atoms with Gasteiger partial charge >= 0.3 is 0 Å². The van der Waals surface area contributed by atoms with Gasteiger partial charge in [0.2, 0.25) is 11.8 Å². The maximum Gasteiger partial charge on any atom is 0.244 e. The van der Waals surface area contributed by atoms with E-state index >= 15 is 0 Å². The summed E-state index contributed by atoms with van der Waals surface area (Å²) in [5.74, 6) is -0.0791. The van der Waals surface area contributed by atoms with Crippen molar-refractivity contribution < 1.29 is 9.59 Å². The summed E-state index contributed by atoms with van der Waals surface area (Å²) in [6, 6.07) is 14.3. The monoisotopic (exact) mass is 406 g/mol. The Morgan fingerprint density at radius 1 is 1.10 bits per heavy atom. The maximum absolute atomic E-state index is 12.7. The van der Waals surface area contributed by atoms with E-state index in [1.807, 2.05) is 0 Å². The third kappa shape index (κ3) is 3.97. The van der Waals surface area contributed by atoms with E-state index in [2.05, 4.69) is 59.6 Å². The summed E-state index contributed by atoms with van der Waals surface area (Å²) in [6.45, 7) is 0.775. The second kappa shape index (κ2) is 8.19. The lowest BCUT2D eigenvalue weighted by atomic mass is 9.64. The van der Waals surface area contributed by atoms with Gasteiger partial charge in [-0.1, -0.05) is 30.3 Å². The largest absolute Gasteiger partial charge is 0.333 e. The summed E-state index contributed by atoms with van der Waals surface area (Å²) < 4.78 is 0. The van der Waals surface area contributed by atoms with Gasteiger partial charge < -0.3 is 10.2 Å². The highest BCUT2D eigenvalue weighted by Crippen LogP contribution is 2.52. The minimum absolute atomic E-state index is 0.0139. The number of carbonyl (C=O) groups is 2. The van der Waals surface area contributed by atoms with Crippen molar-refractivity contribution in [3.05, 3.63) is 60.4 Å². The third-order valence-electron chi connectivity index (χ3n) is 6.99. The van der Waals surface area contributed by atoms with Gasteiger partial charge in [-0.15, -0.1) is 0 Å². The Balaban J connectivity index is 1.41. The van der Waals surface area contributed by atoms with E-state index in [9.17, 15) is 9.59 Å². The van der Waals surface area contributed by atoms with Crippen LogP contribution in [0, 0.1) is 5.41 Å². The van der Waals surface area contributed by atoms with Crippen molar-refractivity contribution in [1.82, 2.24) is 14.8 Å². The predicted octanol–water partition coefficient (Wildman–Crippen LogP) is 3.27. The van der Waals surface area contributed by atoms with Crippen LogP contribution in [0.2, 0.25) is 0 Å². The fourth-order valence-electron chi connectivity index (χ4n) is 5.21. The lowest BCUT2D eigenvalue weighted by Crippen LogP contribution is -2.47. The van der Waals surface area contributed by atoms with Crippen LogP contribution in [0.1, 0.15) is 37.7 Å². The van der Waals surface area contributed by atoms with Crippen LogP contribution in [-0.2, 0) is 15.1 Å². The van der Waals surface area contributed by atoms with Gasteiger partial charge in [0, 0.05) is 24.7 Å². The average molecular weight is 407 g/mol. The molecule has 2 aromatic rings. The van der Waals surface area contributed by atoms with E-state index in [-0.39, 0.29) is 29.3 Å². The molecule has 1 N–H and O–H groups in total. The molecule has 2 amide bonds. The number of rotatable bonds is 5. The summed E-state index contributed by atoms with van der Waals surface area (Å²) in [7, 11) is 4.31. The number of nitrogens with one attached hydrogen (secondary N) is 1. The van der Waals surface area contributed by atoms with Crippen molar-refractivity contribution in [2.24, 2.45) is 5.41 Å². The molecule has 1 aromatic carbocycles. The van der Waals surface area contributed by atoms with Gasteiger partial charge in [0.1, 0.15) is 0 Å². The zero-order valence-corrected chi connectivity index (χ0v) is 17.8. The third-order valence-corrected chi connectivity index (χ3v) is 6.99. The Kier molecular flexibility index (Phi) is 5.60. The molecule has 0 bridgehead atoms. The van der Waals surface area contributed by atoms with Crippen LogP contribution >= 0.6 is 0 Å². The van der Waals surface area contributed by atoms with Crippen molar-refractivity contribution in [2.45, 2.75) is 37.6 Å². The highest BCUT2D eigenvalue weighted by molar-refractivity contribution is 5.94. The SMILES string of the molecule is CN(C)C1(c2ccccc2)CCC2(CC1)CC(=O)N(CC(=O)Nc1cccnc1)C2. The van der Waals surface area contributed by atoms with Crippen molar-refractivity contribution in [1.29, 1.82) is 0 Å². The number of pyridine rings is 1. The average Bonchev–Trinajstić information content (AvgIpc) is 3.04. The smallest absolute Gasteiger partial charge is 0.244 e. The summed E-state index contributed by atoms with van der Waals surface area (Å²) in [5, 5.41) is 2.83. The Hall–Kier alpha value is -2.73. The number of hydrogen-bond donors (Lipinski definition) is 1. The number of aromatic nitrogens is 1. The topological polar surface area (TPSA) is 65.5 Å². The van der Waals surface area contributed by atoms with Gasteiger partial charge in [-0.2, -0.15) is 0 Å². The molecule has 2 fully saturated rings. The number of hydrogen-bond acceptors (Lipinski definition) is 4. The Morgan fingerprint density at radius 2 is 1.83 bits per heavy atom. The summed E-state index contributed by atoms with van der Waals surface area (Å²) in [4.78, 5) is 33.2. The highest BCUT2D eigenvalue weighted by Gasteiger charge is 2.50. The molecular formula is C24H30N4O2. The molecule has 1 aliphatic carbocycles. The molecule has 2 heterocycles. The number of amides is 2. The van der Waals surface area contributed by atoms with E-state index in [0.717, 1.165) is 25.7 Å². The lowest BCUT2D eigenvalue weighted by Gasteiger charge is -2.48. The van der Waals surface area contributed by atoms with Crippen molar-refractivity contribution in [3.8, 4) is 0 Å². The number of carbonyl (C=O) groups excluding carboxylic acids is 2. The van der Waals surface area contributed by atoms with Gasteiger partial charge in [0.15, 0.2) is 0 Å². The fourth-order valence-corrected chi connectivity index (χ4v) is 5.21. The van der Waals surface area contributed by atoms with Crippen LogP contribution in [0.4, 0.5) is 5.69 Å². The van der Waals surface area contributed by atoms with Crippen LogP contribution in [0.5, 0.6) is 0 Å². The molecule has 1 aromatic heterocycles. The molecule has 158 valence electrons. The van der Waals surface area contributed by atoms with E-state index in [1.54, 1.807) is 29.4 Å². The number of benzene rings is 1. The Bertz CT molecular complexity index is 890. The van der Waals surface area contributed by atoms with Crippen molar-refractivity contribution >= 4 is 17.5 Å². The lowest BCUT2D eigenvalue weighted by molar-refractivity contribution is -0.131. The highest BCUT2D eigenvalue weighted by atomic mass is 16.2. The van der Waals surface area contributed by atoms with E-state index in [1.165, 1.54) is 5.56 Å². The fraction of sp³-hybridized carbons (Fsp3) is 0.458. The molecule has 1 saturated heterocycles. The molecular weight excluding hydrogens is 376 g/mol. The number of anilines is 1. The van der Waals surface area contributed by atoms with Gasteiger partial charge in [-0.25, -0.2) is 0 Å². The first-order chi connectivity index (χ1) is 14.4. The zero-order chi connectivity index (χ0) is 21.2. The van der Waals surface area contributed by atoms with Gasteiger partial charge in [0.25, 0.3) is 0 Å². The number of nitrogens with zero attached hydrogens (tertiary/aromatic N) is 3. The Morgan fingerprint density at radius 3 is 2.47 bits per heavy atom. The van der Waals surface area contributed by atoms with Gasteiger partial charge in [-0.05, 0) is 62.9 Å². The molecule has 2 aliphatic rings. The molecule has 0 radical (unpaired) electrons. The normalized spacial score (nSPS) is 26.4. The first kappa shape index (κ1) is 20.5. The quantitative estimate of drug-likeness (QED) is 0.828. The van der Waals surface area contributed by atoms with Crippen LogP contribution in [0.3, 0.4) is 0 Å². The van der Waals surface area contributed by atoms with E-state index in [4.69, 9.17) is 0 Å². The van der Waals surface area contributed by atoms with Crippen LogP contribution in [0.25, 0.3) is 0 Å². The molecule has 6 nitrogen and oxygen atoms in total. The second-order valence-electron chi connectivity index (χ2n) is 9.01. The minimum Gasteiger partial charge on any atom is -0.333 e. The summed E-state index contributed by atoms with van der Waals surface area (Å²) >= 11 is 0. The first-order valence-electron chi connectivity index (χ1n) is 10.6. The molecule has 1 spiro atoms. The molecule has 1 saturated carbocycles. The number of likely N-dealkylation sites (tertiary alicyclic amines) is 1. The molecule has 30 heavy (non-hydrogen) atoms. The molecule has 6 heteroatoms. The molecule has 4 rings (SSSR count). The van der Waals surface area contributed by atoms with Crippen molar-refractivity contribution in [3.63, 3.8) is 0 Å². The summed E-state index contributed by atoms with van der Waals surface area (Å²) in [5.41, 5.74) is 2.00. The predicted molar refractivity (Wildman–Crippen MR) is 117 cm³/mol. The molecule has 1 aliphatic heterocycles. The van der Waals surface area contributed by atoms with Crippen LogP contribution < -0.4 is 5.32 Å².